The molecule has 0 saturated heterocycles. The van der Waals surface area contributed by atoms with Crippen molar-refractivity contribution in [2.45, 2.75) is 45.4 Å². The average molecular weight is 326 g/mol. The van der Waals surface area contributed by atoms with E-state index in [0.717, 1.165) is 11.1 Å². The van der Waals surface area contributed by atoms with Crippen LogP contribution in [0.5, 0.6) is 0 Å². The summed E-state index contributed by atoms with van der Waals surface area (Å²) in [6.45, 7) is 5.67. The number of nitrogens with zero attached hydrogens (tertiary/aromatic N) is 1. The van der Waals surface area contributed by atoms with Crippen LogP contribution in [0.3, 0.4) is 0 Å². The summed E-state index contributed by atoms with van der Waals surface area (Å²) in [5.41, 5.74) is 1.40. The molecule has 0 N–H and O–H groups in total. The number of fused-ring (bicyclic) bond motifs is 1. The summed E-state index contributed by atoms with van der Waals surface area (Å²) in [6, 6.07) is 6.75. The fourth-order valence-electron chi connectivity index (χ4n) is 2.40. The number of alkyl halides is 1. The largest absolute Gasteiger partial charge is 0.448 e. The van der Waals surface area contributed by atoms with Crippen LogP contribution < -0.4 is 0 Å². The number of carbonyl (C=O) groups excluding carboxylic acids is 2. The highest BCUT2D eigenvalue weighted by atomic mass is 35.5. The van der Waals surface area contributed by atoms with Gasteiger partial charge in [0, 0.05) is 6.42 Å². The van der Waals surface area contributed by atoms with Crippen LogP contribution in [-0.4, -0.2) is 34.7 Å². The van der Waals surface area contributed by atoms with Gasteiger partial charge >= 0.3 is 12.1 Å². The molecule has 1 aliphatic rings. The Kier molecular flexibility index (Phi) is 4.96. The lowest BCUT2D eigenvalue weighted by atomic mass is 9.94. The van der Waals surface area contributed by atoms with E-state index in [0.29, 0.717) is 13.0 Å². The van der Waals surface area contributed by atoms with Crippen molar-refractivity contribution in [1.29, 1.82) is 0 Å². The molecule has 1 atom stereocenters. The van der Waals surface area contributed by atoms with Gasteiger partial charge in [0.15, 0.2) is 6.07 Å². The topological polar surface area (TPSA) is 55.8 Å². The molecule has 0 fully saturated rings. The average Bonchev–Trinajstić information content (AvgIpc) is 2.44. The molecule has 0 saturated carbocycles. The first-order valence-corrected chi connectivity index (χ1v) is 7.64. The van der Waals surface area contributed by atoms with Crippen LogP contribution in [0.2, 0.25) is 0 Å². The molecular formula is C16H20ClNO4. The van der Waals surface area contributed by atoms with Crippen molar-refractivity contribution in [2.75, 3.05) is 6.07 Å². The van der Waals surface area contributed by atoms with Crippen LogP contribution in [0.15, 0.2) is 24.3 Å². The number of esters is 1. The van der Waals surface area contributed by atoms with E-state index >= 15 is 0 Å². The standard InChI is InChI=1S/C16H20ClNO4/c1-16(2,3)22-15(20)18-9-12-7-5-4-6-11(12)8-13(18)14(19)21-10-17/h4-7,13H,8-10H2,1-3H3. The normalized spacial score (nSPS) is 17.6. The summed E-state index contributed by atoms with van der Waals surface area (Å²) in [4.78, 5) is 25.9. The van der Waals surface area contributed by atoms with Gasteiger partial charge in [-0.15, -0.1) is 0 Å². The maximum atomic E-state index is 12.4. The molecule has 5 nitrogen and oxygen atoms in total. The summed E-state index contributed by atoms with van der Waals surface area (Å²) in [7, 11) is 0. The Morgan fingerprint density at radius 2 is 1.91 bits per heavy atom. The number of hydrogen-bond acceptors (Lipinski definition) is 4. The second-order valence-corrected chi connectivity index (χ2v) is 6.39. The lowest BCUT2D eigenvalue weighted by Crippen LogP contribution is -2.50. The molecule has 1 unspecified atom stereocenters. The number of halogens is 1. The van der Waals surface area contributed by atoms with Crippen molar-refractivity contribution in [3.05, 3.63) is 35.4 Å². The Balaban J connectivity index is 2.27. The van der Waals surface area contributed by atoms with Gasteiger partial charge in [-0.2, -0.15) is 0 Å². The van der Waals surface area contributed by atoms with E-state index in [1.54, 1.807) is 20.8 Å². The minimum absolute atomic E-state index is 0.237. The number of ether oxygens (including phenoxy) is 2. The van der Waals surface area contributed by atoms with Gasteiger partial charge in [-0.3, -0.25) is 4.90 Å². The molecule has 1 aromatic rings. The predicted molar refractivity (Wildman–Crippen MR) is 82.5 cm³/mol. The summed E-state index contributed by atoms with van der Waals surface area (Å²) < 4.78 is 10.3. The maximum Gasteiger partial charge on any atom is 0.411 e. The highest BCUT2D eigenvalue weighted by Gasteiger charge is 2.37. The summed E-state index contributed by atoms with van der Waals surface area (Å²) >= 11 is 5.47. The third kappa shape index (κ3) is 3.91. The van der Waals surface area contributed by atoms with E-state index in [4.69, 9.17) is 21.1 Å². The molecule has 0 bridgehead atoms. The summed E-state index contributed by atoms with van der Waals surface area (Å²) in [5.74, 6) is -0.518. The van der Waals surface area contributed by atoms with Crippen molar-refractivity contribution in [1.82, 2.24) is 4.90 Å². The second kappa shape index (κ2) is 6.57. The molecule has 6 heteroatoms. The van der Waals surface area contributed by atoms with Crippen molar-refractivity contribution in [2.24, 2.45) is 0 Å². The maximum absolute atomic E-state index is 12.4. The van der Waals surface area contributed by atoms with Gasteiger partial charge in [0.1, 0.15) is 11.6 Å². The van der Waals surface area contributed by atoms with E-state index in [1.165, 1.54) is 4.90 Å². The van der Waals surface area contributed by atoms with Crippen molar-refractivity contribution >= 4 is 23.7 Å². The Morgan fingerprint density at radius 3 is 2.50 bits per heavy atom. The van der Waals surface area contributed by atoms with Crippen molar-refractivity contribution < 1.29 is 19.1 Å². The number of rotatable bonds is 2. The van der Waals surface area contributed by atoms with Crippen LogP contribution in [0.1, 0.15) is 31.9 Å². The van der Waals surface area contributed by atoms with E-state index < -0.39 is 23.7 Å². The summed E-state index contributed by atoms with van der Waals surface area (Å²) in [5, 5.41) is 0. The molecule has 1 aliphatic heterocycles. The zero-order chi connectivity index (χ0) is 16.3. The van der Waals surface area contributed by atoms with Gasteiger partial charge < -0.3 is 9.47 Å². The summed E-state index contributed by atoms with van der Waals surface area (Å²) in [6.07, 6.45) is -0.135. The molecule has 120 valence electrons. The molecule has 0 aliphatic carbocycles. The monoisotopic (exact) mass is 325 g/mol. The second-order valence-electron chi connectivity index (χ2n) is 6.17. The first-order chi connectivity index (χ1) is 10.3. The number of benzene rings is 1. The van der Waals surface area contributed by atoms with Crippen LogP contribution in [-0.2, 0) is 27.2 Å². The van der Waals surface area contributed by atoms with Gasteiger partial charge in [0.05, 0.1) is 6.54 Å². The van der Waals surface area contributed by atoms with Crippen LogP contribution in [0.25, 0.3) is 0 Å². The van der Waals surface area contributed by atoms with Crippen molar-refractivity contribution in [3.63, 3.8) is 0 Å². The molecule has 1 aromatic carbocycles. The van der Waals surface area contributed by atoms with Gasteiger partial charge in [0.25, 0.3) is 0 Å². The zero-order valence-corrected chi connectivity index (χ0v) is 13.7. The highest BCUT2D eigenvalue weighted by molar-refractivity contribution is 6.17. The van der Waals surface area contributed by atoms with Crippen molar-refractivity contribution in [3.8, 4) is 0 Å². The molecule has 1 amide bonds. The van der Waals surface area contributed by atoms with E-state index in [1.807, 2.05) is 24.3 Å². The number of hydrogen-bond donors (Lipinski definition) is 0. The van der Waals surface area contributed by atoms with E-state index in [-0.39, 0.29) is 6.07 Å². The Morgan fingerprint density at radius 1 is 1.27 bits per heavy atom. The molecular weight excluding hydrogens is 306 g/mol. The molecule has 0 radical (unpaired) electrons. The molecule has 22 heavy (non-hydrogen) atoms. The minimum atomic E-state index is -0.719. The van der Waals surface area contributed by atoms with Crippen LogP contribution >= 0.6 is 11.6 Å². The Hall–Kier alpha value is -1.75. The molecule has 0 aromatic heterocycles. The SMILES string of the molecule is CC(C)(C)OC(=O)N1Cc2ccccc2CC1C(=O)OCCl. The van der Waals surface area contributed by atoms with E-state index in [2.05, 4.69) is 0 Å². The van der Waals surface area contributed by atoms with Gasteiger partial charge in [-0.25, -0.2) is 9.59 Å². The Labute approximate surface area is 135 Å². The molecule has 0 spiro atoms. The molecule has 2 rings (SSSR count). The Bertz CT molecular complexity index is 568. The van der Waals surface area contributed by atoms with Gasteiger partial charge in [0.2, 0.25) is 0 Å². The van der Waals surface area contributed by atoms with Gasteiger partial charge in [-0.05, 0) is 31.9 Å². The minimum Gasteiger partial charge on any atom is -0.448 e. The number of carbonyl (C=O) groups is 2. The third-order valence-corrected chi connectivity index (χ3v) is 3.45. The van der Waals surface area contributed by atoms with Gasteiger partial charge in [-0.1, -0.05) is 35.9 Å². The smallest absolute Gasteiger partial charge is 0.411 e. The van der Waals surface area contributed by atoms with Crippen LogP contribution in [0.4, 0.5) is 4.79 Å². The quantitative estimate of drug-likeness (QED) is 0.619. The zero-order valence-electron chi connectivity index (χ0n) is 13.0. The fourth-order valence-corrected chi connectivity index (χ4v) is 2.50. The first-order valence-electron chi connectivity index (χ1n) is 7.11. The lowest BCUT2D eigenvalue weighted by Gasteiger charge is -2.36. The fraction of sp³-hybridized carbons (Fsp3) is 0.500. The van der Waals surface area contributed by atoms with E-state index in [9.17, 15) is 9.59 Å². The number of amides is 1. The third-order valence-electron chi connectivity index (χ3n) is 3.35. The predicted octanol–water partition coefficient (Wildman–Crippen LogP) is 3.09. The first kappa shape index (κ1) is 16.6. The van der Waals surface area contributed by atoms with Crippen LogP contribution in [0, 0.1) is 0 Å². The molecule has 1 heterocycles. The lowest BCUT2D eigenvalue weighted by molar-refractivity contribution is -0.148. The highest BCUT2D eigenvalue weighted by Crippen LogP contribution is 2.26.